The fourth-order valence-corrected chi connectivity index (χ4v) is 1.83. The van der Waals surface area contributed by atoms with Crippen LogP contribution in [0.1, 0.15) is 5.56 Å². The molecule has 1 aromatic heterocycles. The summed E-state index contributed by atoms with van der Waals surface area (Å²) < 4.78 is 5.45. The molecule has 1 amide bonds. The van der Waals surface area contributed by atoms with E-state index in [4.69, 9.17) is 10.5 Å². The summed E-state index contributed by atoms with van der Waals surface area (Å²) in [6, 6.07) is 11.0. The maximum Gasteiger partial charge on any atom is 0.260 e. The molecule has 1 heterocycles. The van der Waals surface area contributed by atoms with Crippen LogP contribution in [-0.4, -0.2) is 36.0 Å². The summed E-state index contributed by atoms with van der Waals surface area (Å²) in [5, 5.41) is 0. The first kappa shape index (κ1) is 14.8. The number of aromatic nitrogens is 1. The maximum absolute atomic E-state index is 12.0. The molecule has 5 nitrogen and oxygen atoms in total. The number of carbonyl (C=O) groups is 1. The lowest BCUT2D eigenvalue weighted by atomic mass is 10.2. The van der Waals surface area contributed by atoms with Crippen LogP contribution in [-0.2, 0) is 11.2 Å². The van der Waals surface area contributed by atoms with Gasteiger partial charge >= 0.3 is 0 Å². The van der Waals surface area contributed by atoms with Crippen LogP contribution in [0.5, 0.6) is 5.75 Å². The number of rotatable bonds is 6. The van der Waals surface area contributed by atoms with Gasteiger partial charge in [-0.3, -0.25) is 9.78 Å². The maximum atomic E-state index is 12.0. The van der Waals surface area contributed by atoms with E-state index in [1.165, 1.54) is 0 Å². The molecular formula is C16H19N3O2. The number of benzene rings is 1. The Bertz CT molecular complexity index is 587. The third kappa shape index (κ3) is 4.49. The molecule has 110 valence electrons. The smallest absolute Gasteiger partial charge is 0.260 e. The molecular weight excluding hydrogens is 266 g/mol. The van der Waals surface area contributed by atoms with Crippen molar-refractivity contribution in [1.82, 2.24) is 9.88 Å². The SMILES string of the molecule is CN(CCc1ccncc1)C(=O)COc1ccccc1N. The van der Waals surface area contributed by atoms with E-state index in [0.717, 1.165) is 12.0 Å². The number of hydrogen-bond acceptors (Lipinski definition) is 4. The van der Waals surface area contributed by atoms with Crippen LogP contribution in [0.4, 0.5) is 5.69 Å². The van der Waals surface area contributed by atoms with E-state index >= 15 is 0 Å². The van der Waals surface area contributed by atoms with Crippen molar-refractivity contribution in [3.8, 4) is 5.75 Å². The number of nitrogens with two attached hydrogens (primary N) is 1. The molecule has 0 fully saturated rings. The number of para-hydroxylation sites is 2. The van der Waals surface area contributed by atoms with Crippen LogP contribution in [0.15, 0.2) is 48.8 Å². The highest BCUT2D eigenvalue weighted by atomic mass is 16.5. The van der Waals surface area contributed by atoms with Crippen molar-refractivity contribution in [2.45, 2.75) is 6.42 Å². The van der Waals surface area contributed by atoms with E-state index in [2.05, 4.69) is 4.98 Å². The summed E-state index contributed by atoms with van der Waals surface area (Å²) in [6.45, 7) is 0.623. The first-order chi connectivity index (χ1) is 10.2. The molecule has 0 aliphatic rings. The molecule has 5 heteroatoms. The fraction of sp³-hybridized carbons (Fsp3) is 0.250. The molecule has 2 aromatic rings. The highest BCUT2D eigenvalue weighted by molar-refractivity contribution is 5.77. The molecule has 0 bridgehead atoms. The van der Waals surface area contributed by atoms with Gasteiger partial charge in [-0.2, -0.15) is 0 Å². The van der Waals surface area contributed by atoms with E-state index in [0.29, 0.717) is 18.0 Å². The highest BCUT2D eigenvalue weighted by Gasteiger charge is 2.10. The topological polar surface area (TPSA) is 68.5 Å². The minimum atomic E-state index is -0.0766. The summed E-state index contributed by atoms with van der Waals surface area (Å²) in [4.78, 5) is 17.6. The molecule has 0 spiro atoms. The minimum Gasteiger partial charge on any atom is -0.482 e. The number of carbonyl (C=O) groups excluding carboxylic acids is 1. The lowest BCUT2D eigenvalue weighted by Gasteiger charge is -2.17. The summed E-state index contributed by atoms with van der Waals surface area (Å²) in [5.74, 6) is 0.459. The molecule has 0 aliphatic heterocycles. The average molecular weight is 285 g/mol. The molecule has 0 saturated heterocycles. The van der Waals surface area contributed by atoms with Gasteiger partial charge in [0.2, 0.25) is 0 Å². The molecule has 2 N–H and O–H groups in total. The van der Waals surface area contributed by atoms with Crippen molar-refractivity contribution in [2.75, 3.05) is 25.9 Å². The van der Waals surface area contributed by atoms with Crippen molar-refractivity contribution in [3.63, 3.8) is 0 Å². The largest absolute Gasteiger partial charge is 0.482 e. The molecule has 21 heavy (non-hydrogen) atoms. The van der Waals surface area contributed by atoms with Gasteiger partial charge in [-0.25, -0.2) is 0 Å². The number of nitrogen functional groups attached to an aromatic ring is 1. The number of anilines is 1. The molecule has 1 aromatic carbocycles. The van der Waals surface area contributed by atoms with Gasteiger partial charge < -0.3 is 15.4 Å². The Kier molecular flexibility index (Phi) is 5.15. The zero-order valence-corrected chi connectivity index (χ0v) is 12.0. The molecule has 0 aliphatic carbocycles. The lowest BCUT2D eigenvalue weighted by Crippen LogP contribution is -2.33. The zero-order chi connectivity index (χ0) is 15.1. The number of pyridine rings is 1. The minimum absolute atomic E-state index is 0.0128. The van der Waals surface area contributed by atoms with Gasteiger partial charge in [0.05, 0.1) is 5.69 Å². The number of hydrogen-bond donors (Lipinski definition) is 1. The monoisotopic (exact) mass is 285 g/mol. The van der Waals surface area contributed by atoms with Crippen LogP contribution in [0, 0.1) is 0 Å². The Morgan fingerprint density at radius 2 is 1.95 bits per heavy atom. The predicted molar refractivity (Wildman–Crippen MR) is 81.9 cm³/mol. The van der Waals surface area contributed by atoms with Crippen LogP contribution in [0.3, 0.4) is 0 Å². The van der Waals surface area contributed by atoms with Gasteiger partial charge in [0.25, 0.3) is 5.91 Å². The number of amides is 1. The second kappa shape index (κ2) is 7.28. The van der Waals surface area contributed by atoms with Gasteiger partial charge in [0.1, 0.15) is 5.75 Å². The van der Waals surface area contributed by atoms with Gasteiger partial charge in [-0.1, -0.05) is 12.1 Å². The van der Waals surface area contributed by atoms with Crippen LogP contribution >= 0.6 is 0 Å². The standard InChI is InChI=1S/C16H19N3O2/c1-19(11-8-13-6-9-18-10-7-13)16(20)12-21-15-5-3-2-4-14(15)17/h2-7,9-10H,8,11-12,17H2,1H3. The van der Waals surface area contributed by atoms with E-state index in [1.807, 2.05) is 24.3 Å². The van der Waals surface area contributed by atoms with Crippen molar-refractivity contribution < 1.29 is 9.53 Å². The molecule has 0 atom stereocenters. The Hall–Kier alpha value is -2.56. The van der Waals surface area contributed by atoms with E-state index < -0.39 is 0 Å². The summed E-state index contributed by atoms with van der Waals surface area (Å²) >= 11 is 0. The molecule has 0 saturated carbocycles. The normalized spacial score (nSPS) is 10.1. The zero-order valence-electron chi connectivity index (χ0n) is 12.0. The van der Waals surface area contributed by atoms with Gasteiger partial charge in [-0.05, 0) is 36.2 Å². The summed E-state index contributed by atoms with van der Waals surface area (Å²) in [6.07, 6.45) is 4.29. The Balaban J connectivity index is 1.79. The number of likely N-dealkylation sites (N-methyl/N-ethyl adjacent to an activating group) is 1. The van der Waals surface area contributed by atoms with E-state index in [-0.39, 0.29) is 12.5 Å². The quantitative estimate of drug-likeness (QED) is 0.821. The van der Waals surface area contributed by atoms with Crippen LogP contribution < -0.4 is 10.5 Å². The van der Waals surface area contributed by atoms with E-state index in [9.17, 15) is 4.79 Å². The highest BCUT2D eigenvalue weighted by Crippen LogP contribution is 2.19. The Morgan fingerprint density at radius 3 is 2.67 bits per heavy atom. The Labute approximate surface area is 124 Å². The van der Waals surface area contributed by atoms with Gasteiger partial charge in [0.15, 0.2) is 6.61 Å². The number of nitrogens with zero attached hydrogens (tertiary/aromatic N) is 2. The number of ether oxygens (including phenoxy) is 1. The van der Waals surface area contributed by atoms with Crippen LogP contribution in [0.2, 0.25) is 0 Å². The lowest BCUT2D eigenvalue weighted by molar-refractivity contribution is -0.132. The van der Waals surface area contributed by atoms with Crippen molar-refractivity contribution in [1.29, 1.82) is 0 Å². The fourth-order valence-electron chi connectivity index (χ4n) is 1.83. The van der Waals surface area contributed by atoms with Gasteiger partial charge in [0, 0.05) is 26.0 Å². The third-order valence-electron chi connectivity index (χ3n) is 3.18. The third-order valence-corrected chi connectivity index (χ3v) is 3.18. The second-order valence-electron chi connectivity index (χ2n) is 4.75. The van der Waals surface area contributed by atoms with Crippen molar-refractivity contribution in [2.24, 2.45) is 0 Å². The summed E-state index contributed by atoms with van der Waals surface area (Å²) in [7, 11) is 1.77. The first-order valence-corrected chi connectivity index (χ1v) is 6.77. The van der Waals surface area contributed by atoms with Crippen molar-refractivity contribution >= 4 is 11.6 Å². The Morgan fingerprint density at radius 1 is 1.24 bits per heavy atom. The summed E-state index contributed by atoms with van der Waals surface area (Å²) in [5.41, 5.74) is 7.44. The molecule has 2 rings (SSSR count). The van der Waals surface area contributed by atoms with Gasteiger partial charge in [-0.15, -0.1) is 0 Å². The first-order valence-electron chi connectivity index (χ1n) is 6.77. The molecule has 0 radical (unpaired) electrons. The molecule has 0 unspecified atom stereocenters. The van der Waals surface area contributed by atoms with Crippen LogP contribution in [0.25, 0.3) is 0 Å². The van der Waals surface area contributed by atoms with Crippen molar-refractivity contribution in [3.05, 3.63) is 54.4 Å². The average Bonchev–Trinajstić information content (AvgIpc) is 2.52. The predicted octanol–water partition coefficient (Wildman–Crippen LogP) is 1.74. The second-order valence-corrected chi connectivity index (χ2v) is 4.75. The van der Waals surface area contributed by atoms with E-state index in [1.54, 1.807) is 36.5 Å².